The number of ether oxygens (including phenoxy) is 1. The molecular weight excluding hydrogens is 298 g/mol. The van der Waals surface area contributed by atoms with Crippen molar-refractivity contribution in [2.75, 3.05) is 0 Å². The lowest BCUT2D eigenvalue weighted by atomic mass is 10.3. The Labute approximate surface area is 104 Å². The van der Waals surface area contributed by atoms with E-state index in [9.17, 15) is 4.39 Å². The van der Waals surface area contributed by atoms with Crippen LogP contribution in [0.1, 0.15) is 0 Å². The summed E-state index contributed by atoms with van der Waals surface area (Å²) in [6.45, 7) is 0. The zero-order valence-electron chi connectivity index (χ0n) is 7.82. The average Bonchev–Trinajstić information content (AvgIpc) is 2.24. The molecule has 0 N–H and O–H groups in total. The quantitative estimate of drug-likeness (QED) is 0.791. The van der Waals surface area contributed by atoms with E-state index in [1.165, 1.54) is 24.4 Å². The number of benzene rings is 1. The number of hydrogen-bond acceptors (Lipinski definition) is 3. The summed E-state index contributed by atoms with van der Waals surface area (Å²) in [7, 11) is 0. The van der Waals surface area contributed by atoms with Crippen molar-refractivity contribution in [3.05, 3.63) is 46.0 Å². The van der Waals surface area contributed by atoms with Crippen LogP contribution >= 0.6 is 27.5 Å². The monoisotopic (exact) mass is 302 g/mol. The Morgan fingerprint density at radius 3 is 2.81 bits per heavy atom. The highest BCUT2D eigenvalue weighted by atomic mass is 79.9. The van der Waals surface area contributed by atoms with Crippen LogP contribution in [-0.4, -0.2) is 9.97 Å². The van der Waals surface area contributed by atoms with Gasteiger partial charge in [-0.05, 0) is 45.7 Å². The molecule has 2 aromatic rings. The zero-order valence-corrected chi connectivity index (χ0v) is 10.2. The van der Waals surface area contributed by atoms with Gasteiger partial charge in [-0.15, -0.1) is 0 Å². The third-order valence-electron chi connectivity index (χ3n) is 1.71. The topological polar surface area (TPSA) is 35.0 Å². The maximum absolute atomic E-state index is 13.0. The van der Waals surface area contributed by atoms with Crippen LogP contribution in [0.15, 0.2) is 34.9 Å². The van der Waals surface area contributed by atoms with Crippen LogP contribution in [0.5, 0.6) is 11.6 Å². The first kappa shape index (κ1) is 11.3. The molecule has 1 aromatic carbocycles. The van der Waals surface area contributed by atoms with E-state index >= 15 is 0 Å². The largest absolute Gasteiger partial charge is 0.439 e. The minimum absolute atomic E-state index is 0.0960. The van der Waals surface area contributed by atoms with Gasteiger partial charge in [0.1, 0.15) is 11.6 Å². The fraction of sp³-hybridized carbons (Fsp3) is 0. The fourth-order valence-electron chi connectivity index (χ4n) is 1.04. The Morgan fingerprint density at radius 2 is 2.12 bits per heavy atom. The minimum atomic E-state index is -0.354. The Hall–Kier alpha value is -1.20. The molecule has 0 atom stereocenters. The van der Waals surface area contributed by atoms with Crippen LogP contribution in [0.25, 0.3) is 0 Å². The lowest BCUT2D eigenvalue weighted by Gasteiger charge is -2.04. The van der Waals surface area contributed by atoms with Crippen molar-refractivity contribution >= 4 is 27.5 Å². The maximum Gasteiger partial charge on any atom is 0.225 e. The van der Waals surface area contributed by atoms with Gasteiger partial charge in [-0.3, -0.25) is 0 Å². The van der Waals surface area contributed by atoms with E-state index in [0.29, 0.717) is 16.1 Å². The predicted molar refractivity (Wildman–Crippen MR) is 61.2 cm³/mol. The second kappa shape index (κ2) is 4.76. The second-order valence-corrected chi connectivity index (χ2v) is 4.03. The molecule has 0 fully saturated rings. The van der Waals surface area contributed by atoms with Crippen molar-refractivity contribution in [2.45, 2.75) is 0 Å². The van der Waals surface area contributed by atoms with Crippen molar-refractivity contribution in [2.24, 2.45) is 0 Å². The molecular formula is C10H5BrClFN2O. The highest BCUT2D eigenvalue weighted by Crippen LogP contribution is 2.25. The summed E-state index contributed by atoms with van der Waals surface area (Å²) < 4.78 is 18.6. The molecule has 1 aromatic heterocycles. The van der Waals surface area contributed by atoms with E-state index in [1.54, 1.807) is 6.07 Å². The van der Waals surface area contributed by atoms with Crippen LogP contribution in [0.2, 0.25) is 5.28 Å². The number of hydrogen-bond donors (Lipinski definition) is 0. The number of halogens is 3. The SMILES string of the molecule is Fc1ccc(Oc2ccnc(Cl)n2)cc1Br. The molecule has 0 saturated carbocycles. The molecule has 6 heteroatoms. The minimum Gasteiger partial charge on any atom is -0.439 e. The highest BCUT2D eigenvalue weighted by Gasteiger charge is 2.03. The van der Waals surface area contributed by atoms with Crippen molar-refractivity contribution in [3.63, 3.8) is 0 Å². The summed E-state index contributed by atoms with van der Waals surface area (Å²) in [5.74, 6) is 0.412. The van der Waals surface area contributed by atoms with Gasteiger partial charge in [0.15, 0.2) is 0 Å². The molecule has 82 valence electrons. The van der Waals surface area contributed by atoms with Crippen LogP contribution < -0.4 is 4.74 Å². The first-order valence-corrected chi connectivity index (χ1v) is 5.44. The Kier molecular flexibility index (Phi) is 3.36. The van der Waals surface area contributed by atoms with Crippen LogP contribution in [0.3, 0.4) is 0 Å². The molecule has 0 aliphatic carbocycles. The average molecular weight is 304 g/mol. The summed E-state index contributed by atoms with van der Waals surface area (Å²) in [4.78, 5) is 7.56. The molecule has 0 aliphatic rings. The van der Waals surface area contributed by atoms with E-state index < -0.39 is 0 Å². The van der Waals surface area contributed by atoms with Gasteiger partial charge in [-0.25, -0.2) is 9.37 Å². The highest BCUT2D eigenvalue weighted by molar-refractivity contribution is 9.10. The molecule has 2 rings (SSSR count). The van der Waals surface area contributed by atoms with Crippen molar-refractivity contribution in [1.82, 2.24) is 9.97 Å². The van der Waals surface area contributed by atoms with Crippen LogP contribution in [0, 0.1) is 5.82 Å². The van der Waals surface area contributed by atoms with Gasteiger partial charge in [-0.1, -0.05) is 0 Å². The van der Waals surface area contributed by atoms with Gasteiger partial charge < -0.3 is 4.74 Å². The lowest BCUT2D eigenvalue weighted by molar-refractivity contribution is 0.459. The Balaban J connectivity index is 2.24. The summed E-state index contributed by atoms with van der Waals surface area (Å²) in [6, 6.07) is 5.85. The summed E-state index contributed by atoms with van der Waals surface area (Å²) in [6.07, 6.45) is 1.48. The summed E-state index contributed by atoms with van der Waals surface area (Å²) in [5.41, 5.74) is 0. The van der Waals surface area contributed by atoms with E-state index in [1.807, 2.05) is 0 Å². The van der Waals surface area contributed by atoms with Gasteiger partial charge in [-0.2, -0.15) is 4.98 Å². The normalized spacial score (nSPS) is 10.2. The van der Waals surface area contributed by atoms with E-state index in [0.717, 1.165) is 0 Å². The molecule has 16 heavy (non-hydrogen) atoms. The first-order chi connectivity index (χ1) is 7.65. The Bertz CT molecular complexity index is 524. The smallest absolute Gasteiger partial charge is 0.225 e. The van der Waals surface area contributed by atoms with Crippen LogP contribution in [-0.2, 0) is 0 Å². The van der Waals surface area contributed by atoms with Gasteiger partial charge in [0.2, 0.25) is 11.2 Å². The summed E-state index contributed by atoms with van der Waals surface area (Å²) in [5, 5.41) is 0.0960. The molecule has 0 bridgehead atoms. The van der Waals surface area contributed by atoms with Crippen molar-refractivity contribution in [1.29, 1.82) is 0 Å². The molecule has 0 amide bonds. The second-order valence-electron chi connectivity index (χ2n) is 2.84. The molecule has 3 nitrogen and oxygen atoms in total. The van der Waals surface area contributed by atoms with Gasteiger partial charge in [0.05, 0.1) is 4.47 Å². The van der Waals surface area contributed by atoms with Gasteiger partial charge in [0.25, 0.3) is 0 Å². The first-order valence-electron chi connectivity index (χ1n) is 4.26. The molecule has 0 saturated heterocycles. The Morgan fingerprint density at radius 1 is 1.31 bits per heavy atom. The maximum atomic E-state index is 13.0. The molecule has 0 unspecified atom stereocenters. The van der Waals surface area contributed by atoms with Gasteiger partial charge in [0, 0.05) is 12.3 Å². The molecule has 0 radical (unpaired) electrons. The molecule has 0 spiro atoms. The fourth-order valence-corrected chi connectivity index (χ4v) is 1.53. The van der Waals surface area contributed by atoms with Gasteiger partial charge >= 0.3 is 0 Å². The standard InChI is InChI=1S/C10H5BrClFN2O/c11-7-5-6(1-2-8(7)13)16-9-3-4-14-10(12)15-9/h1-5H. The third-order valence-corrected chi connectivity index (χ3v) is 2.50. The van der Waals surface area contributed by atoms with Crippen molar-refractivity contribution in [3.8, 4) is 11.6 Å². The molecule has 0 aliphatic heterocycles. The zero-order chi connectivity index (χ0) is 11.5. The van der Waals surface area contributed by atoms with Crippen molar-refractivity contribution < 1.29 is 9.13 Å². The van der Waals surface area contributed by atoms with E-state index in [4.69, 9.17) is 16.3 Å². The third kappa shape index (κ3) is 2.68. The van der Waals surface area contributed by atoms with E-state index in [2.05, 4.69) is 25.9 Å². The number of nitrogens with zero attached hydrogens (tertiary/aromatic N) is 2. The summed E-state index contributed by atoms with van der Waals surface area (Å²) >= 11 is 8.66. The van der Waals surface area contributed by atoms with E-state index in [-0.39, 0.29) is 11.1 Å². The molecule has 1 heterocycles. The lowest BCUT2D eigenvalue weighted by Crippen LogP contribution is -1.90. The van der Waals surface area contributed by atoms with Crippen LogP contribution in [0.4, 0.5) is 4.39 Å². The number of rotatable bonds is 2. The number of aromatic nitrogens is 2. The predicted octanol–water partition coefficient (Wildman–Crippen LogP) is 3.82.